The standard InChI is InChI=1S/C17H33NO5/c1-7-8-9-15(20)18-11-10-16(3,4)23-13-17(5,21-6)22-12-14(2)19/h7-13H2,1-6H3,(H,18,20). The van der Waals surface area contributed by atoms with E-state index in [4.69, 9.17) is 14.2 Å². The van der Waals surface area contributed by atoms with Crippen molar-refractivity contribution in [1.82, 2.24) is 5.32 Å². The molecular weight excluding hydrogens is 298 g/mol. The molecule has 0 saturated carbocycles. The smallest absolute Gasteiger partial charge is 0.219 e. The van der Waals surface area contributed by atoms with Gasteiger partial charge in [0.05, 0.1) is 5.60 Å². The molecule has 0 aliphatic carbocycles. The van der Waals surface area contributed by atoms with E-state index < -0.39 is 11.4 Å². The van der Waals surface area contributed by atoms with E-state index in [1.165, 1.54) is 14.0 Å². The fourth-order valence-electron chi connectivity index (χ4n) is 1.74. The maximum absolute atomic E-state index is 11.6. The molecule has 1 unspecified atom stereocenters. The Labute approximate surface area is 140 Å². The van der Waals surface area contributed by atoms with Gasteiger partial charge in [-0.1, -0.05) is 13.3 Å². The van der Waals surface area contributed by atoms with Crippen molar-refractivity contribution >= 4 is 11.7 Å². The zero-order chi connectivity index (χ0) is 17.9. The first-order valence-electron chi connectivity index (χ1n) is 8.23. The minimum absolute atomic E-state index is 0.0123. The lowest BCUT2D eigenvalue weighted by Crippen LogP contribution is -2.42. The van der Waals surface area contributed by atoms with Crippen LogP contribution in [-0.4, -0.2) is 49.9 Å². The maximum Gasteiger partial charge on any atom is 0.219 e. The molecule has 0 aromatic rings. The molecule has 0 spiro atoms. The summed E-state index contributed by atoms with van der Waals surface area (Å²) in [5.41, 5.74) is -0.433. The minimum Gasteiger partial charge on any atom is -0.370 e. The first-order chi connectivity index (χ1) is 10.6. The molecule has 6 heteroatoms. The molecule has 23 heavy (non-hydrogen) atoms. The normalized spacial score (nSPS) is 14.3. The molecule has 6 nitrogen and oxygen atoms in total. The highest BCUT2D eigenvalue weighted by atomic mass is 16.7. The number of carbonyl (C=O) groups excluding carboxylic acids is 2. The largest absolute Gasteiger partial charge is 0.370 e. The third kappa shape index (κ3) is 11.2. The van der Waals surface area contributed by atoms with Crippen LogP contribution in [0.3, 0.4) is 0 Å². The second-order valence-corrected chi connectivity index (χ2v) is 6.58. The van der Waals surface area contributed by atoms with E-state index in [0.29, 0.717) is 19.4 Å². The van der Waals surface area contributed by atoms with Crippen molar-refractivity contribution in [2.75, 3.05) is 26.9 Å². The second-order valence-electron chi connectivity index (χ2n) is 6.58. The van der Waals surface area contributed by atoms with Gasteiger partial charge in [-0.3, -0.25) is 9.59 Å². The number of unbranched alkanes of at least 4 members (excludes halogenated alkanes) is 1. The predicted molar refractivity (Wildman–Crippen MR) is 89.2 cm³/mol. The summed E-state index contributed by atoms with van der Waals surface area (Å²) in [6.45, 7) is 9.91. The molecule has 0 aromatic heterocycles. The highest BCUT2D eigenvalue weighted by molar-refractivity contribution is 5.76. The van der Waals surface area contributed by atoms with Gasteiger partial charge >= 0.3 is 0 Å². The van der Waals surface area contributed by atoms with Crippen molar-refractivity contribution in [1.29, 1.82) is 0 Å². The molecule has 1 N–H and O–H groups in total. The molecule has 0 aliphatic rings. The first kappa shape index (κ1) is 22.0. The SMILES string of the molecule is CCCCC(=O)NCCC(C)(C)OCC(C)(OC)OCC(C)=O. The number of methoxy groups -OCH3 is 1. The number of hydrogen-bond acceptors (Lipinski definition) is 5. The van der Waals surface area contributed by atoms with Crippen molar-refractivity contribution in [2.24, 2.45) is 0 Å². The van der Waals surface area contributed by atoms with Crippen LogP contribution in [0, 0.1) is 0 Å². The number of hydrogen-bond donors (Lipinski definition) is 1. The Morgan fingerprint density at radius 3 is 2.30 bits per heavy atom. The Morgan fingerprint density at radius 1 is 1.13 bits per heavy atom. The highest BCUT2D eigenvalue weighted by Gasteiger charge is 2.29. The van der Waals surface area contributed by atoms with E-state index in [9.17, 15) is 9.59 Å². The fourth-order valence-corrected chi connectivity index (χ4v) is 1.74. The van der Waals surface area contributed by atoms with Crippen LogP contribution in [-0.2, 0) is 23.8 Å². The van der Waals surface area contributed by atoms with Crippen molar-refractivity contribution in [2.45, 2.75) is 71.7 Å². The monoisotopic (exact) mass is 331 g/mol. The molecule has 0 heterocycles. The van der Waals surface area contributed by atoms with E-state index >= 15 is 0 Å². The number of nitrogens with one attached hydrogen (secondary N) is 1. The molecule has 0 aliphatic heterocycles. The molecule has 0 aromatic carbocycles. The van der Waals surface area contributed by atoms with E-state index in [-0.39, 0.29) is 24.9 Å². The lowest BCUT2D eigenvalue weighted by atomic mass is 10.0. The van der Waals surface area contributed by atoms with E-state index in [0.717, 1.165) is 12.8 Å². The highest BCUT2D eigenvalue weighted by Crippen LogP contribution is 2.19. The van der Waals surface area contributed by atoms with Crippen molar-refractivity contribution in [3.8, 4) is 0 Å². The topological polar surface area (TPSA) is 73.9 Å². The summed E-state index contributed by atoms with van der Waals surface area (Å²) in [6, 6.07) is 0. The minimum atomic E-state index is -0.965. The van der Waals surface area contributed by atoms with Gasteiger partial charge in [-0.25, -0.2) is 0 Å². The van der Waals surface area contributed by atoms with Crippen molar-refractivity contribution in [3.63, 3.8) is 0 Å². The van der Waals surface area contributed by atoms with Crippen molar-refractivity contribution < 1.29 is 23.8 Å². The number of amides is 1. The lowest BCUT2D eigenvalue weighted by molar-refractivity contribution is -0.249. The molecule has 1 atom stereocenters. The Balaban J connectivity index is 4.18. The van der Waals surface area contributed by atoms with E-state index in [1.807, 2.05) is 13.8 Å². The lowest BCUT2D eigenvalue weighted by Gasteiger charge is -2.33. The van der Waals surface area contributed by atoms with Crippen LogP contribution in [0.15, 0.2) is 0 Å². The van der Waals surface area contributed by atoms with Crippen LogP contribution in [0.1, 0.15) is 60.3 Å². The van der Waals surface area contributed by atoms with Gasteiger partial charge < -0.3 is 19.5 Å². The molecule has 0 radical (unpaired) electrons. The number of ether oxygens (including phenoxy) is 3. The number of Topliss-reactive ketones (excluding diaryl/α,β-unsaturated/α-hetero) is 1. The fraction of sp³-hybridized carbons (Fsp3) is 0.882. The predicted octanol–water partition coefficient (Wildman–Crippen LogP) is 2.45. The van der Waals surface area contributed by atoms with Gasteiger partial charge in [0.1, 0.15) is 13.2 Å². The molecule has 0 saturated heterocycles. The van der Waals surface area contributed by atoms with Crippen LogP contribution in [0.5, 0.6) is 0 Å². The van der Waals surface area contributed by atoms with Crippen LogP contribution >= 0.6 is 0 Å². The number of rotatable bonds is 13. The summed E-state index contributed by atoms with van der Waals surface area (Å²) < 4.78 is 16.6. The van der Waals surface area contributed by atoms with Gasteiger partial charge in [-0.15, -0.1) is 0 Å². The van der Waals surface area contributed by atoms with Gasteiger partial charge in [-0.05, 0) is 40.5 Å². The third-order valence-electron chi connectivity index (χ3n) is 3.54. The summed E-state index contributed by atoms with van der Waals surface area (Å²) in [4.78, 5) is 22.6. The Bertz CT molecular complexity index is 370. The van der Waals surface area contributed by atoms with E-state index in [2.05, 4.69) is 12.2 Å². The number of carbonyl (C=O) groups is 2. The third-order valence-corrected chi connectivity index (χ3v) is 3.54. The Kier molecular flexibility index (Phi) is 10.3. The summed E-state index contributed by atoms with van der Waals surface area (Å²) in [5.74, 6) is -0.954. The second kappa shape index (κ2) is 10.7. The molecule has 136 valence electrons. The Hall–Kier alpha value is -0.980. The van der Waals surface area contributed by atoms with Crippen LogP contribution in [0.2, 0.25) is 0 Å². The van der Waals surface area contributed by atoms with Gasteiger partial charge in [-0.2, -0.15) is 0 Å². The van der Waals surface area contributed by atoms with Gasteiger partial charge in [0, 0.05) is 20.1 Å². The van der Waals surface area contributed by atoms with Crippen LogP contribution < -0.4 is 5.32 Å². The summed E-state index contributed by atoms with van der Waals surface area (Å²) in [5, 5.41) is 2.90. The van der Waals surface area contributed by atoms with Gasteiger partial charge in [0.25, 0.3) is 0 Å². The zero-order valence-electron chi connectivity index (χ0n) is 15.5. The van der Waals surface area contributed by atoms with Crippen LogP contribution in [0.4, 0.5) is 0 Å². The molecule has 0 rings (SSSR count). The number of ketones is 1. The van der Waals surface area contributed by atoms with Crippen molar-refractivity contribution in [3.05, 3.63) is 0 Å². The molecule has 0 fully saturated rings. The van der Waals surface area contributed by atoms with Gasteiger partial charge in [0.15, 0.2) is 11.6 Å². The van der Waals surface area contributed by atoms with Crippen LogP contribution in [0.25, 0.3) is 0 Å². The Morgan fingerprint density at radius 2 is 1.78 bits per heavy atom. The summed E-state index contributed by atoms with van der Waals surface area (Å²) in [6.07, 6.45) is 3.17. The molecular formula is C17H33NO5. The average Bonchev–Trinajstić information content (AvgIpc) is 2.49. The molecule has 0 bridgehead atoms. The average molecular weight is 331 g/mol. The summed E-state index contributed by atoms with van der Waals surface area (Å²) in [7, 11) is 1.52. The van der Waals surface area contributed by atoms with E-state index in [1.54, 1.807) is 6.92 Å². The first-order valence-corrected chi connectivity index (χ1v) is 8.23. The quantitative estimate of drug-likeness (QED) is 0.525. The maximum atomic E-state index is 11.6. The zero-order valence-corrected chi connectivity index (χ0v) is 15.5. The molecule has 1 amide bonds. The van der Waals surface area contributed by atoms with Gasteiger partial charge in [0.2, 0.25) is 5.91 Å². The summed E-state index contributed by atoms with van der Waals surface area (Å²) >= 11 is 0.